The maximum absolute atomic E-state index is 12.8. The normalized spacial score (nSPS) is 11.9. The van der Waals surface area contributed by atoms with Gasteiger partial charge in [-0.25, -0.2) is 4.98 Å². The molecule has 2 N–H and O–H groups in total. The van der Waals surface area contributed by atoms with Crippen molar-refractivity contribution in [1.82, 2.24) is 4.98 Å². The number of thiazole rings is 1. The van der Waals surface area contributed by atoms with E-state index in [1.807, 2.05) is 70.2 Å². The van der Waals surface area contributed by atoms with E-state index in [0.29, 0.717) is 5.56 Å². The number of carbonyl (C=O) groups is 2. The lowest BCUT2D eigenvalue weighted by Crippen LogP contribution is -2.23. The number of hydrogen-bond donors (Lipinski definition) is 2. The number of fused-ring (bicyclic) bond motifs is 1. The molecule has 34 heavy (non-hydrogen) atoms. The third-order valence-corrected chi connectivity index (χ3v) is 7.72. The molecule has 4 rings (SSSR count). The number of carbonyl (C=O) groups excluding carboxylic acids is 2. The van der Waals surface area contributed by atoms with Gasteiger partial charge in [0.15, 0.2) is 4.34 Å². The van der Waals surface area contributed by atoms with Gasteiger partial charge in [0.25, 0.3) is 5.91 Å². The molecule has 0 radical (unpaired) electrons. The SMILES string of the molecule is Cc1ccc(C(=O)Nc2ccc3nc(S[C@@H](C)C(=O)Nc4c(C)cc(C)cc4C)sc3c2)cc1. The number of nitrogens with zero attached hydrogens (tertiary/aromatic N) is 1. The lowest BCUT2D eigenvalue weighted by Gasteiger charge is -2.15. The maximum Gasteiger partial charge on any atom is 0.255 e. The molecule has 0 bridgehead atoms. The van der Waals surface area contributed by atoms with Crippen LogP contribution in [0.3, 0.4) is 0 Å². The molecule has 3 aromatic carbocycles. The van der Waals surface area contributed by atoms with E-state index in [1.165, 1.54) is 28.7 Å². The lowest BCUT2D eigenvalue weighted by molar-refractivity contribution is -0.115. The second-order valence-corrected chi connectivity index (χ2v) is 11.1. The second kappa shape index (κ2) is 9.99. The number of hydrogen-bond acceptors (Lipinski definition) is 5. The summed E-state index contributed by atoms with van der Waals surface area (Å²) in [6.45, 7) is 9.95. The summed E-state index contributed by atoms with van der Waals surface area (Å²) in [4.78, 5) is 30.0. The van der Waals surface area contributed by atoms with E-state index < -0.39 is 0 Å². The van der Waals surface area contributed by atoms with Crippen molar-refractivity contribution in [2.45, 2.75) is 44.2 Å². The fourth-order valence-electron chi connectivity index (χ4n) is 3.75. The summed E-state index contributed by atoms with van der Waals surface area (Å²) >= 11 is 2.95. The van der Waals surface area contributed by atoms with Gasteiger partial charge in [-0.1, -0.05) is 47.2 Å². The number of rotatable bonds is 6. The number of thioether (sulfide) groups is 1. The van der Waals surface area contributed by atoms with E-state index in [0.717, 1.165) is 42.6 Å². The van der Waals surface area contributed by atoms with E-state index in [9.17, 15) is 9.59 Å². The Bertz CT molecular complexity index is 1350. The van der Waals surface area contributed by atoms with Gasteiger partial charge < -0.3 is 10.6 Å². The zero-order chi connectivity index (χ0) is 24.4. The number of benzene rings is 3. The summed E-state index contributed by atoms with van der Waals surface area (Å²) < 4.78 is 1.78. The fourth-order valence-corrected chi connectivity index (χ4v) is 6.00. The van der Waals surface area contributed by atoms with Crippen molar-refractivity contribution in [2.24, 2.45) is 0 Å². The zero-order valence-electron chi connectivity index (χ0n) is 19.9. The average molecular weight is 490 g/mol. The van der Waals surface area contributed by atoms with Crippen molar-refractivity contribution in [3.63, 3.8) is 0 Å². The van der Waals surface area contributed by atoms with Crippen molar-refractivity contribution >= 4 is 56.5 Å². The molecule has 7 heteroatoms. The topological polar surface area (TPSA) is 71.1 Å². The monoisotopic (exact) mass is 489 g/mol. The summed E-state index contributed by atoms with van der Waals surface area (Å²) in [6, 6.07) is 17.3. The summed E-state index contributed by atoms with van der Waals surface area (Å²) in [6.07, 6.45) is 0. The first-order valence-corrected chi connectivity index (χ1v) is 12.7. The Labute approximate surface area is 208 Å². The molecule has 2 amide bonds. The quantitative estimate of drug-likeness (QED) is 0.289. The Morgan fingerprint density at radius 3 is 2.24 bits per heavy atom. The van der Waals surface area contributed by atoms with Crippen LogP contribution in [-0.2, 0) is 4.79 Å². The van der Waals surface area contributed by atoms with Crippen molar-refractivity contribution in [1.29, 1.82) is 0 Å². The van der Waals surface area contributed by atoms with Crippen molar-refractivity contribution in [3.05, 3.63) is 82.4 Å². The molecular weight excluding hydrogens is 462 g/mol. The number of amides is 2. The minimum absolute atomic E-state index is 0.0506. The van der Waals surface area contributed by atoms with Crippen LogP contribution in [0.4, 0.5) is 11.4 Å². The third kappa shape index (κ3) is 5.48. The maximum atomic E-state index is 12.8. The summed E-state index contributed by atoms with van der Waals surface area (Å²) in [7, 11) is 0. The minimum atomic E-state index is -0.304. The molecule has 0 aliphatic carbocycles. The first-order valence-electron chi connectivity index (χ1n) is 11.0. The predicted octanol–water partition coefficient (Wildman–Crippen LogP) is 6.90. The van der Waals surface area contributed by atoms with Gasteiger partial charge in [-0.05, 0) is 76.1 Å². The summed E-state index contributed by atoms with van der Waals surface area (Å²) in [5.41, 5.74) is 7.46. The Balaban J connectivity index is 1.44. The van der Waals surface area contributed by atoms with E-state index in [4.69, 9.17) is 0 Å². The van der Waals surface area contributed by atoms with Crippen molar-refractivity contribution in [3.8, 4) is 0 Å². The molecule has 0 saturated heterocycles. The highest BCUT2D eigenvalue weighted by Gasteiger charge is 2.19. The first-order chi connectivity index (χ1) is 16.2. The second-order valence-electron chi connectivity index (χ2n) is 8.51. The largest absolute Gasteiger partial charge is 0.325 e. The Hall–Kier alpha value is -3.16. The van der Waals surface area contributed by atoms with Crippen LogP contribution in [0.5, 0.6) is 0 Å². The van der Waals surface area contributed by atoms with Crippen LogP contribution in [0.25, 0.3) is 10.2 Å². The van der Waals surface area contributed by atoms with Gasteiger partial charge in [0.1, 0.15) is 0 Å². The van der Waals surface area contributed by atoms with Gasteiger partial charge in [0.2, 0.25) is 5.91 Å². The van der Waals surface area contributed by atoms with Crippen molar-refractivity contribution in [2.75, 3.05) is 10.6 Å². The van der Waals surface area contributed by atoms with Crippen LogP contribution in [0.15, 0.2) is 58.9 Å². The van der Waals surface area contributed by atoms with Gasteiger partial charge in [0, 0.05) is 16.9 Å². The molecule has 5 nitrogen and oxygen atoms in total. The van der Waals surface area contributed by atoms with Gasteiger partial charge in [-0.2, -0.15) is 0 Å². The number of anilines is 2. The van der Waals surface area contributed by atoms with E-state index in [2.05, 4.69) is 34.7 Å². The summed E-state index contributed by atoms with van der Waals surface area (Å²) in [5, 5.41) is 5.72. The molecule has 4 aromatic rings. The van der Waals surface area contributed by atoms with Crippen LogP contribution in [0.1, 0.15) is 39.5 Å². The highest BCUT2D eigenvalue weighted by atomic mass is 32.2. The molecule has 1 heterocycles. The Morgan fingerprint density at radius 1 is 0.882 bits per heavy atom. The highest BCUT2D eigenvalue weighted by Crippen LogP contribution is 2.34. The Kier molecular flexibility index (Phi) is 7.05. The van der Waals surface area contributed by atoms with Crippen LogP contribution in [-0.4, -0.2) is 22.0 Å². The van der Waals surface area contributed by atoms with Gasteiger partial charge in [-0.15, -0.1) is 11.3 Å². The third-order valence-electron chi connectivity index (χ3n) is 5.51. The molecule has 1 atom stereocenters. The molecule has 0 saturated carbocycles. The molecule has 0 fully saturated rings. The van der Waals surface area contributed by atoms with Gasteiger partial charge in [-0.3, -0.25) is 9.59 Å². The van der Waals surface area contributed by atoms with Crippen LogP contribution < -0.4 is 10.6 Å². The molecule has 0 spiro atoms. The predicted molar refractivity (Wildman–Crippen MR) is 143 cm³/mol. The van der Waals surface area contributed by atoms with E-state index in [1.54, 1.807) is 0 Å². The first kappa shape index (κ1) is 24.0. The molecular formula is C27H27N3O2S2. The van der Waals surface area contributed by atoms with Crippen LogP contribution >= 0.6 is 23.1 Å². The summed E-state index contributed by atoms with van der Waals surface area (Å²) in [5.74, 6) is -0.198. The smallest absolute Gasteiger partial charge is 0.255 e. The molecule has 0 aliphatic heterocycles. The highest BCUT2D eigenvalue weighted by molar-refractivity contribution is 8.02. The van der Waals surface area contributed by atoms with Gasteiger partial charge >= 0.3 is 0 Å². The standard InChI is InChI=1S/C27H27N3O2S2/c1-15-6-8-20(9-7-15)26(32)28-21-10-11-22-23(14-21)34-27(29-22)33-19(5)25(31)30-24-17(3)12-16(2)13-18(24)4/h6-14,19H,1-5H3,(H,28,32)(H,30,31)/t19-/m0/s1. The molecule has 0 unspecified atom stereocenters. The van der Waals surface area contributed by atoms with Crippen LogP contribution in [0.2, 0.25) is 0 Å². The number of aryl methyl sites for hydroxylation is 4. The Morgan fingerprint density at radius 2 is 1.56 bits per heavy atom. The van der Waals surface area contributed by atoms with Gasteiger partial charge in [0.05, 0.1) is 15.5 Å². The lowest BCUT2D eigenvalue weighted by atomic mass is 10.1. The minimum Gasteiger partial charge on any atom is -0.325 e. The van der Waals surface area contributed by atoms with Crippen LogP contribution in [0, 0.1) is 27.7 Å². The van der Waals surface area contributed by atoms with E-state index >= 15 is 0 Å². The van der Waals surface area contributed by atoms with Crippen molar-refractivity contribution < 1.29 is 9.59 Å². The molecule has 174 valence electrons. The molecule has 1 aromatic heterocycles. The average Bonchev–Trinajstić information content (AvgIpc) is 3.17. The zero-order valence-corrected chi connectivity index (χ0v) is 21.5. The fraction of sp³-hybridized carbons (Fsp3) is 0.222. The number of nitrogens with one attached hydrogen (secondary N) is 2. The molecule has 0 aliphatic rings. The number of aromatic nitrogens is 1. The van der Waals surface area contributed by atoms with E-state index in [-0.39, 0.29) is 17.1 Å².